The average molecular weight is 343 g/mol. The maximum absolute atomic E-state index is 11.7. The molecule has 4 heteroatoms. The molecule has 0 saturated carbocycles. The minimum absolute atomic E-state index is 0.201. The van der Waals surface area contributed by atoms with Crippen LogP contribution in [-0.4, -0.2) is 27.0 Å². The fourth-order valence-corrected chi connectivity index (χ4v) is 3.48. The Morgan fingerprint density at radius 3 is 2.26 bits per heavy atom. The summed E-state index contributed by atoms with van der Waals surface area (Å²) in [6.07, 6.45) is 7.67. The molecule has 0 bridgehead atoms. The summed E-state index contributed by atoms with van der Waals surface area (Å²) in [4.78, 5) is 11.7. The molecule has 0 aliphatic carbocycles. The molecule has 0 rings (SSSR count). The maximum atomic E-state index is 11.7. The smallest absolute Gasteiger partial charge is 0.333 e. The summed E-state index contributed by atoms with van der Waals surface area (Å²) in [6.45, 7) is 17.7. The van der Waals surface area contributed by atoms with E-state index in [0.717, 1.165) is 12.8 Å². The summed E-state index contributed by atoms with van der Waals surface area (Å²) in [5, 5.41) is 0.204. The molecule has 0 spiro atoms. The Bertz CT molecular complexity index is 381. The lowest BCUT2D eigenvalue weighted by Gasteiger charge is -2.39. The summed E-state index contributed by atoms with van der Waals surface area (Å²) < 4.78 is 11.6. The van der Waals surface area contributed by atoms with Gasteiger partial charge >= 0.3 is 5.97 Å². The number of carbonyl (C=O) groups is 1. The molecule has 0 aromatic carbocycles. The lowest BCUT2D eigenvalue weighted by Crippen LogP contribution is -2.43. The Morgan fingerprint density at radius 2 is 1.78 bits per heavy atom. The van der Waals surface area contributed by atoms with Crippen molar-refractivity contribution < 1.29 is 14.0 Å². The summed E-state index contributed by atoms with van der Waals surface area (Å²) in [6, 6.07) is 0. The van der Waals surface area contributed by atoms with E-state index in [1.54, 1.807) is 0 Å². The van der Waals surface area contributed by atoms with E-state index in [2.05, 4.69) is 40.8 Å². The van der Waals surface area contributed by atoms with E-state index in [4.69, 9.17) is 9.16 Å². The fourth-order valence-electron chi connectivity index (χ4n) is 2.08. The van der Waals surface area contributed by atoms with Crippen LogP contribution in [0.2, 0.25) is 18.1 Å². The summed E-state index contributed by atoms with van der Waals surface area (Å²) in [7, 11) is -1.79. The highest BCUT2D eigenvalue weighted by Crippen LogP contribution is 2.38. The summed E-state index contributed by atoms with van der Waals surface area (Å²) in [5.41, 5.74) is 0.686. The van der Waals surface area contributed by atoms with Crippen molar-refractivity contribution in [3.8, 4) is 0 Å². The van der Waals surface area contributed by atoms with Crippen molar-refractivity contribution >= 4 is 14.3 Å². The van der Waals surface area contributed by atoms with Crippen LogP contribution in [0.1, 0.15) is 73.6 Å². The molecule has 0 amide bonds. The second-order valence-electron chi connectivity index (χ2n) is 7.84. The second kappa shape index (κ2) is 10.3. The zero-order valence-electron chi connectivity index (χ0n) is 16.6. The Hall–Kier alpha value is -0.613. The van der Waals surface area contributed by atoms with Crippen molar-refractivity contribution in [1.82, 2.24) is 0 Å². The summed E-state index contributed by atoms with van der Waals surface area (Å²) >= 11 is 0. The quantitative estimate of drug-likeness (QED) is 0.216. The Morgan fingerprint density at radius 1 is 1.17 bits per heavy atom. The molecule has 0 aromatic rings. The largest absolute Gasteiger partial charge is 0.463 e. The molecule has 136 valence electrons. The van der Waals surface area contributed by atoms with Gasteiger partial charge in [0.15, 0.2) is 8.32 Å². The number of carbonyl (C=O) groups excluding carboxylic acids is 1. The Balaban J connectivity index is 4.88. The Labute approximate surface area is 145 Å². The van der Waals surface area contributed by atoms with Crippen molar-refractivity contribution in [2.75, 3.05) is 6.61 Å². The average Bonchev–Trinajstić information content (AvgIpc) is 2.43. The van der Waals surface area contributed by atoms with Gasteiger partial charge in [-0.25, -0.2) is 4.79 Å². The first-order chi connectivity index (χ1) is 10.5. The highest BCUT2D eigenvalue weighted by atomic mass is 28.4. The highest BCUT2D eigenvalue weighted by molar-refractivity contribution is 6.74. The number of unbranched alkanes of at least 4 members (excludes halogenated alkanes) is 2. The molecular weight excluding hydrogens is 304 g/mol. The van der Waals surface area contributed by atoms with Gasteiger partial charge in [0.1, 0.15) is 0 Å². The monoisotopic (exact) mass is 342 g/mol. The van der Waals surface area contributed by atoms with Crippen molar-refractivity contribution in [3.63, 3.8) is 0 Å². The van der Waals surface area contributed by atoms with E-state index in [-0.39, 0.29) is 17.1 Å². The summed E-state index contributed by atoms with van der Waals surface area (Å²) in [5.74, 6) is -0.216. The van der Waals surface area contributed by atoms with E-state index < -0.39 is 8.32 Å². The molecule has 0 aliphatic heterocycles. The minimum Gasteiger partial charge on any atom is -0.463 e. The molecule has 0 aliphatic rings. The van der Waals surface area contributed by atoms with Gasteiger partial charge in [-0.15, -0.1) is 0 Å². The lowest BCUT2D eigenvalue weighted by atomic mass is 10.1. The van der Waals surface area contributed by atoms with Crippen molar-refractivity contribution in [2.45, 2.75) is 97.9 Å². The SMILES string of the molecule is CCCCC[C@H](C/C=C(\C)C(=O)OCC)O[Si](C)(C)C(C)(C)C. The van der Waals surface area contributed by atoms with E-state index >= 15 is 0 Å². The zero-order chi connectivity index (χ0) is 18.1. The van der Waals surface area contributed by atoms with Crippen LogP contribution in [0, 0.1) is 0 Å². The third kappa shape index (κ3) is 8.71. The first-order valence-electron chi connectivity index (χ1n) is 9.06. The van der Waals surface area contributed by atoms with Crippen LogP contribution in [-0.2, 0) is 14.0 Å². The fraction of sp³-hybridized carbons (Fsp3) is 0.842. The number of rotatable bonds is 10. The first kappa shape index (κ1) is 22.4. The first-order valence-corrected chi connectivity index (χ1v) is 12.0. The predicted molar refractivity (Wildman–Crippen MR) is 101 cm³/mol. The van der Waals surface area contributed by atoms with Gasteiger partial charge in [0.2, 0.25) is 0 Å². The molecular formula is C19H38O3Si. The zero-order valence-corrected chi connectivity index (χ0v) is 17.6. The van der Waals surface area contributed by atoms with Crippen LogP contribution in [0.5, 0.6) is 0 Å². The normalized spacial score (nSPS) is 14.7. The maximum Gasteiger partial charge on any atom is 0.333 e. The molecule has 0 unspecified atom stereocenters. The van der Waals surface area contributed by atoms with Crippen molar-refractivity contribution in [1.29, 1.82) is 0 Å². The van der Waals surface area contributed by atoms with Gasteiger partial charge < -0.3 is 9.16 Å². The molecule has 0 fully saturated rings. The van der Waals surface area contributed by atoms with Gasteiger partial charge in [-0.05, 0) is 44.8 Å². The van der Waals surface area contributed by atoms with Crippen LogP contribution in [0.3, 0.4) is 0 Å². The molecule has 0 saturated heterocycles. The van der Waals surface area contributed by atoms with E-state index in [1.165, 1.54) is 19.3 Å². The number of hydrogen-bond donors (Lipinski definition) is 0. The van der Waals surface area contributed by atoms with Gasteiger partial charge in [0.05, 0.1) is 6.61 Å². The lowest BCUT2D eigenvalue weighted by molar-refractivity contribution is -0.138. The van der Waals surface area contributed by atoms with Gasteiger partial charge in [0, 0.05) is 11.7 Å². The van der Waals surface area contributed by atoms with E-state index in [9.17, 15) is 4.79 Å². The van der Waals surface area contributed by atoms with Crippen molar-refractivity contribution in [3.05, 3.63) is 11.6 Å². The van der Waals surface area contributed by atoms with E-state index in [0.29, 0.717) is 12.2 Å². The molecule has 0 N–H and O–H groups in total. The third-order valence-corrected chi connectivity index (χ3v) is 9.22. The molecule has 0 aromatic heterocycles. The molecule has 0 radical (unpaired) electrons. The number of ether oxygens (including phenoxy) is 1. The van der Waals surface area contributed by atoms with Crippen LogP contribution in [0.25, 0.3) is 0 Å². The van der Waals surface area contributed by atoms with Gasteiger partial charge in [0.25, 0.3) is 0 Å². The van der Waals surface area contributed by atoms with Crippen LogP contribution in [0.15, 0.2) is 11.6 Å². The van der Waals surface area contributed by atoms with Crippen LogP contribution in [0.4, 0.5) is 0 Å². The number of esters is 1. The molecule has 0 heterocycles. The third-order valence-electron chi connectivity index (χ3n) is 4.68. The van der Waals surface area contributed by atoms with E-state index in [1.807, 2.05) is 19.9 Å². The minimum atomic E-state index is -1.79. The van der Waals surface area contributed by atoms with Crippen LogP contribution < -0.4 is 0 Å². The Kier molecular flexibility index (Phi) is 10.0. The highest BCUT2D eigenvalue weighted by Gasteiger charge is 2.38. The number of hydrogen-bond acceptors (Lipinski definition) is 3. The predicted octanol–water partition coefficient (Wildman–Crippen LogP) is 5.86. The molecule has 23 heavy (non-hydrogen) atoms. The van der Waals surface area contributed by atoms with Gasteiger partial charge in [-0.1, -0.05) is 53.0 Å². The van der Waals surface area contributed by atoms with Crippen molar-refractivity contribution in [2.24, 2.45) is 0 Å². The molecule has 1 atom stereocenters. The topological polar surface area (TPSA) is 35.5 Å². The van der Waals surface area contributed by atoms with Gasteiger partial charge in [-0.3, -0.25) is 0 Å². The molecule has 3 nitrogen and oxygen atoms in total. The second-order valence-corrected chi connectivity index (χ2v) is 12.6. The van der Waals surface area contributed by atoms with Gasteiger partial charge in [-0.2, -0.15) is 0 Å². The van der Waals surface area contributed by atoms with Crippen LogP contribution >= 0.6 is 0 Å². The standard InChI is InChI=1S/C19H38O3Si/c1-9-11-12-13-17(22-23(7,8)19(4,5)6)15-14-16(3)18(20)21-10-2/h14,17H,9-13,15H2,1-8H3/b16-14+/t17-/m1/s1.